The van der Waals surface area contributed by atoms with Crippen molar-refractivity contribution in [2.24, 2.45) is 0 Å². The molecule has 0 bridgehead atoms. The monoisotopic (exact) mass is 401 g/mol. The number of nitrogens with one attached hydrogen (secondary N) is 1. The van der Waals surface area contributed by atoms with Crippen LogP contribution in [0.3, 0.4) is 0 Å². The Balaban J connectivity index is 1.51. The molecule has 0 saturated carbocycles. The van der Waals surface area contributed by atoms with Crippen LogP contribution in [0.2, 0.25) is 0 Å². The fourth-order valence-electron chi connectivity index (χ4n) is 3.07. The Hall–Kier alpha value is -3.12. The van der Waals surface area contributed by atoms with Gasteiger partial charge in [0.1, 0.15) is 30.4 Å². The Morgan fingerprint density at radius 3 is 2.69 bits per heavy atom. The predicted molar refractivity (Wildman–Crippen MR) is 98.9 cm³/mol. The van der Waals surface area contributed by atoms with Crippen molar-refractivity contribution in [3.63, 3.8) is 0 Å². The van der Waals surface area contributed by atoms with Crippen molar-refractivity contribution in [3.8, 4) is 5.75 Å². The molecule has 1 aliphatic rings. The summed E-state index contributed by atoms with van der Waals surface area (Å²) in [6.45, 7) is -0.663. The molecule has 0 radical (unpaired) electrons. The first-order valence-electron chi connectivity index (χ1n) is 8.86. The van der Waals surface area contributed by atoms with Crippen LogP contribution in [-0.2, 0) is 9.53 Å². The highest BCUT2D eigenvalue weighted by Gasteiger charge is 2.44. The molecule has 4 atom stereocenters. The number of nitrogens with zero attached hydrogens (tertiary/aromatic N) is 4. The molecule has 1 saturated heterocycles. The number of imidazole rings is 1. The number of aliphatic hydroxyl groups is 3. The van der Waals surface area contributed by atoms with Crippen molar-refractivity contribution in [1.29, 1.82) is 0 Å². The maximum Gasteiger partial charge on any atom is 0.263 e. The summed E-state index contributed by atoms with van der Waals surface area (Å²) in [5.41, 5.74) is 0.562. The van der Waals surface area contributed by atoms with E-state index in [1.807, 2.05) is 6.07 Å². The Kier molecular flexibility index (Phi) is 5.36. The first-order valence-corrected chi connectivity index (χ1v) is 8.86. The number of benzene rings is 1. The largest absolute Gasteiger partial charge is 0.484 e. The molecule has 4 N–H and O–H groups in total. The standard InChI is InChI=1S/C18H19N5O6/c24-6-11-14(26)15(27)18(29-11)23-9-21-13-16(19-8-20-17(13)23)22-12(25)7-28-10-4-2-1-3-5-10/h1-5,8-9,11,14-15,18,24,26-27H,6-7H2,(H,19,20,22,25)/t11-,14?,15?,18-/m1/s1. The van der Waals surface area contributed by atoms with Crippen LogP contribution in [0.4, 0.5) is 5.82 Å². The topological polar surface area (TPSA) is 152 Å². The van der Waals surface area contributed by atoms with E-state index < -0.39 is 37.1 Å². The summed E-state index contributed by atoms with van der Waals surface area (Å²) in [6, 6.07) is 8.91. The normalized spacial score (nSPS) is 24.0. The van der Waals surface area contributed by atoms with Crippen LogP contribution in [-0.4, -0.2) is 72.3 Å². The zero-order chi connectivity index (χ0) is 20.4. The molecule has 29 heavy (non-hydrogen) atoms. The first-order chi connectivity index (χ1) is 14.1. The van der Waals surface area contributed by atoms with E-state index in [1.165, 1.54) is 17.2 Å². The number of fused-ring (bicyclic) bond motifs is 1. The van der Waals surface area contributed by atoms with Crippen molar-refractivity contribution >= 4 is 22.9 Å². The molecule has 152 valence electrons. The number of hydrogen-bond donors (Lipinski definition) is 4. The third-order valence-electron chi connectivity index (χ3n) is 4.52. The maximum absolute atomic E-state index is 12.2. The molecule has 0 aliphatic carbocycles. The van der Waals surface area contributed by atoms with Gasteiger partial charge in [-0.15, -0.1) is 0 Å². The molecule has 3 heterocycles. The SMILES string of the molecule is O=C(COc1ccccc1)Nc1ncnc2c1ncn2[C@@H]1O[C@H](CO)C(O)C1O. The highest BCUT2D eigenvalue weighted by molar-refractivity contribution is 5.97. The van der Waals surface area contributed by atoms with Crippen LogP contribution in [0.15, 0.2) is 43.0 Å². The summed E-state index contributed by atoms with van der Waals surface area (Å²) in [5, 5.41) is 32.0. The van der Waals surface area contributed by atoms with E-state index in [2.05, 4.69) is 20.3 Å². The van der Waals surface area contributed by atoms with E-state index in [0.717, 1.165) is 0 Å². The van der Waals surface area contributed by atoms with Gasteiger partial charge in [-0.2, -0.15) is 0 Å². The quantitative estimate of drug-likeness (QED) is 0.426. The molecule has 11 heteroatoms. The Morgan fingerprint density at radius 2 is 1.97 bits per heavy atom. The van der Waals surface area contributed by atoms with Gasteiger partial charge in [0.2, 0.25) is 0 Å². The highest BCUT2D eigenvalue weighted by Crippen LogP contribution is 2.32. The lowest BCUT2D eigenvalue weighted by Crippen LogP contribution is -2.33. The van der Waals surface area contributed by atoms with Crippen LogP contribution in [0.1, 0.15) is 6.23 Å². The lowest BCUT2D eigenvalue weighted by Gasteiger charge is -2.16. The van der Waals surface area contributed by atoms with Crippen LogP contribution in [0.5, 0.6) is 5.75 Å². The van der Waals surface area contributed by atoms with Gasteiger partial charge >= 0.3 is 0 Å². The number of carbonyl (C=O) groups excluding carboxylic acids is 1. The van der Waals surface area contributed by atoms with E-state index in [1.54, 1.807) is 24.3 Å². The fourth-order valence-corrected chi connectivity index (χ4v) is 3.07. The van der Waals surface area contributed by atoms with E-state index in [9.17, 15) is 20.1 Å². The van der Waals surface area contributed by atoms with Crippen molar-refractivity contribution in [2.75, 3.05) is 18.5 Å². The molecule has 1 amide bonds. The average Bonchev–Trinajstić information content (AvgIpc) is 3.29. The summed E-state index contributed by atoms with van der Waals surface area (Å²) in [6.07, 6.45) is -1.86. The van der Waals surface area contributed by atoms with Gasteiger partial charge in [0.25, 0.3) is 5.91 Å². The first kappa shape index (κ1) is 19.2. The van der Waals surface area contributed by atoms with Gasteiger partial charge < -0.3 is 30.1 Å². The minimum absolute atomic E-state index is 0.169. The van der Waals surface area contributed by atoms with Gasteiger partial charge in [-0.1, -0.05) is 18.2 Å². The van der Waals surface area contributed by atoms with Gasteiger partial charge in [-0.05, 0) is 12.1 Å². The van der Waals surface area contributed by atoms with Crippen molar-refractivity contribution in [3.05, 3.63) is 43.0 Å². The summed E-state index contributed by atoms with van der Waals surface area (Å²) < 4.78 is 12.3. The minimum atomic E-state index is -1.28. The highest BCUT2D eigenvalue weighted by atomic mass is 16.6. The number of rotatable bonds is 6. The van der Waals surface area contributed by atoms with Crippen LogP contribution in [0.25, 0.3) is 11.2 Å². The second-order valence-corrected chi connectivity index (χ2v) is 6.43. The molecule has 3 aromatic rings. The Morgan fingerprint density at radius 1 is 1.17 bits per heavy atom. The van der Waals surface area contributed by atoms with E-state index in [0.29, 0.717) is 5.75 Å². The predicted octanol–water partition coefficient (Wildman–Crippen LogP) is -0.545. The number of hydrogen-bond acceptors (Lipinski definition) is 9. The van der Waals surface area contributed by atoms with Crippen molar-refractivity contribution < 1.29 is 29.6 Å². The third-order valence-corrected chi connectivity index (χ3v) is 4.52. The molecule has 11 nitrogen and oxygen atoms in total. The van der Waals surface area contributed by atoms with Gasteiger partial charge in [-0.25, -0.2) is 15.0 Å². The maximum atomic E-state index is 12.2. The van der Waals surface area contributed by atoms with Crippen molar-refractivity contribution in [1.82, 2.24) is 19.5 Å². The van der Waals surface area contributed by atoms with Gasteiger partial charge in [0, 0.05) is 0 Å². The fraction of sp³-hybridized carbons (Fsp3) is 0.333. The van der Waals surface area contributed by atoms with Crippen LogP contribution in [0, 0.1) is 0 Å². The molecule has 1 aliphatic heterocycles. The molecule has 1 aromatic carbocycles. The molecule has 2 aromatic heterocycles. The summed E-state index contributed by atoms with van der Waals surface area (Å²) in [5.74, 6) is 0.294. The number of amides is 1. The summed E-state index contributed by atoms with van der Waals surface area (Å²) in [7, 11) is 0. The number of aromatic nitrogens is 4. The Labute approximate surface area is 164 Å². The van der Waals surface area contributed by atoms with Crippen molar-refractivity contribution in [2.45, 2.75) is 24.5 Å². The number of ether oxygens (including phenoxy) is 2. The van der Waals surface area contributed by atoms with Crippen LogP contribution < -0.4 is 10.1 Å². The molecule has 0 spiro atoms. The van der Waals surface area contributed by atoms with Gasteiger partial charge in [0.05, 0.1) is 12.9 Å². The second kappa shape index (κ2) is 8.09. The zero-order valence-corrected chi connectivity index (χ0v) is 15.1. The molecule has 4 rings (SSSR count). The smallest absolute Gasteiger partial charge is 0.263 e. The number of carbonyl (C=O) groups is 1. The minimum Gasteiger partial charge on any atom is -0.484 e. The summed E-state index contributed by atoms with van der Waals surface area (Å²) in [4.78, 5) is 24.6. The molecule has 1 fully saturated rings. The van der Waals surface area contributed by atoms with E-state index in [-0.39, 0.29) is 23.6 Å². The van der Waals surface area contributed by atoms with Crippen LogP contribution >= 0.6 is 0 Å². The second-order valence-electron chi connectivity index (χ2n) is 6.43. The van der Waals surface area contributed by atoms with Gasteiger partial charge in [0.15, 0.2) is 29.8 Å². The number of para-hydroxylation sites is 1. The number of aliphatic hydroxyl groups excluding tert-OH is 3. The molecule has 2 unspecified atom stereocenters. The molecular weight excluding hydrogens is 382 g/mol. The van der Waals surface area contributed by atoms with E-state index >= 15 is 0 Å². The lowest BCUT2D eigenvalue weighted by molar-refractivity contribution is -0.118. The van der Waals surface area contributed by atoms with Gasteiger partial charge in [-0.3, -0.25) is 9.36 Å². The summed E-state index contributed by atoms with van der Waals surface area (Å²) >= 11 is 0. The number of anilines is 1. The lowest BCUT2D eigenvalue weighted by atomic mass is 10.1. The average molecular weight is 401 g/mol. The van der Waals surface area contributed by atoms with E-state index in [4.69, 9.17) is 9.47 Å². The molecular formula is C18H19N5O6. The zero-order valence-electron chi connectivity index (χ0n) is 15.1. The Bertz CT molecular complexity index is 997. The third kappa shape index (κ3) is 3.76.